The summed E-state index contributed by atoms with van der Waals surface area (Å²) in [5, 5.41) is 20.2. The van der Waals surface area contributed by atoms with E-state index < -0.39 is 11.9 Å². The van der Waals surface area contributed by atoms with Gasteiger partial charge in [0, 0.05) is 5.22 Å². The second-order valence-electron chi connectivity index (χ2n) is 3.34. The predicted molar refractivity (Wildman–Crippen MR) is 56.5 cm³/mol. The lowest BCUT2D eigenvalue weighted by molar-refractivity contribution is -0.138. The molecule has 15 heavy (non-hydrogen) atoms. The Hall–Kier alpha value is -2.03. The lowest BCUT2D eigenvalue weighted by Crippen LogP contribution is -2.29. The third kappa shape index (κ3) is 1.64. The number of allylic oxidation sites excluding steroid dienone is 1. The molecular formula is C12H10O3. The molecule has 0 heterocycles. The average molecular weight is 202 g/mol. The van der Waals surface area contributed by atoms with Gasteiger partial charge in [0.2, 0.25) is 0 Å². The summed E-state index contributed by atoms with van der Waals surface area (Å²) in [7, 11) is 0. The zero-order valence-corrected chi connectivity index (χ0v) is 7.92. The molecule has 3 nitrogen and oxygen atoms in total. The van der Waals surface area contributed by atoms with Crippen molar-refractivity contribution in [3.63, 3.8) is 0 Å². The van der Waals surface area contributed by atoms with Crippen LogP contribution in [0.15, 0.2) is 36.4 Å². The van der Waals surface area contributed by atoms with Crippen molar-refractivity contribution >= 4 is 17.8 Å². The number of aliphatic carboxylic acids is 1. The second kappa shape index (κ2) is 3.61. The number of carboxylic acid groups (broad SMARTS) is 1. The van der Waals surface area contributed by atoms with Gasteiger partial charge >= 0.3 is 5.97 Å². The van der Waals surface area contributed by atoms with Crippen LogP contribution in [0, 0.1) is 5.92 Å². The molecule has 0 aliphatic heterocycles. The summed E-state index contributed by atoms with van der Waals surface area (Å²) < 4.78 is 0. The van der Waals surface area contributed by atoms with Crippen molar-refractivity contribution in [2.45, 2.75) is 0 Å². The highest BCUT2D eigenvalue weighted by Gasteiger charge is 2.20. The first kappa shape index (κ1) is 9.52. The van der Waals surface area contributed by atoms with Gasteiger partial charge in [0.1, 0.15) is 11.7 Å². The minimum atomic E-state index is -1.05. The van der Waals surface area contributed by atoms with Gasteiger partial charge in [-0.15, -0.1) is 0 Å². The number of aliphatic hydroxyl groups is 1. The minimum absolute atomic E-state index is 0.108. The highest BCUT2D eigenvalue weighted by Crippen LogP contribution is 2.10. The van der Waals surface area contributed by atoms with E-state index in [0.29, 0.717) is 5.22 Å². The Labute approximate surface area is 86.3 Å². The Morgan fingerprint density at radius 1 is 1.27 bits per heavy atom. The van der Waals surface area contributed by atoms with Crippen LogP contribution in [0.1, 0.15) is 0 Å². The number of benzene rings is 1. The van der Waals surface area contributed by atoms with Crippen LogP contribution in [0.4, 0.5) is 0 Å². The van der Waals surface area contributed by atoms with Gasteiger partial charge in [0.25, 0.3) is 0 Å². The number of carbonyl (C=O) groups is 1. The van der Waals surface area contributed by atoms with Crippen LogP contribution >= 0.6 is 0 Å². The Morgan fingerprint density at radius 3 is 2.73 bits per heavy atom. The van der Waals surface area contributed by atoms with E-state index in [9.17, 15) is 9.90 Å². The first-order valence-corrected chi connectivity index (χ1v) is 4.59. The average Bonchev–Trinajstić information content (AvgIpc) is 2.39. The maximum Gasteiger partial charge on any atom is 0.318 e. The van der Waals surface area contributed by atoms with Gasteiger partial charge in [-0.1, -0.05) is 42.5 Å². The molecule has 1 unspecified atom stereocenters. The van der Waals surface area contributed by atoms with Crippen LogP contribution in [0.25, 0.3) is 11.8 Å². The highest BCUT2D eigenvalue weighted by molar-refractivity contribution is 5.82. The molecule has 0 aromatic heterocycles. The summed E-state index contributed by atoms with van der Waals surface area (Å²) in [6, 6.07) is 7.16. The molecule has 0 amide bonds. The molecule has 0 radical (unpaired) electrons. The number of fused-ring (bicyclic) bond motifs is 1. The molecule has 1 aromatic rings. The Bertz CT molecular complexity index is 540. The molecule has 76 valence electrons. The fourth-order valence-electron chi connectivity index (χ4n) is 1.60. The number of carboxylic acids is 1. The van der Waals surface area contributed by atoms with Gasteiger partial charge in [0.15, 0.2) is 0 Å². The summed E-state index contributed by atoms with van der Waals surface area (Å²) in [5.74, 6) is -2.11. The molecule has 0 bridgehead atoms. The molecule has 2 N–H and O–H groups in total. The zero-order chi connectivity index (χ0) is 10.8. The van der Waals surface area contributed by atoms with Crippen molar-refractivity contribution in [3.8, 4) is 0 Å². The van der Waals surface area contributed by atoms with Crippen molar-refractivity contribution in [1.82, 2.24) is 0 Å². The second-order valence-corrected chi connectivity index (χ2v) is 3.34. The van der Waals surface area contributed by atoms with Crippen molar-refractivity contribution in [2.75, 3.05) is 0 Å². The maximum atomic E-state index is 10.9. The summed E-state index contributed by atoms with van der Waals surface area (Å²) in [6.07, 6.45) is 4.91. The van der Waals surface area contributed by atoms with E-state index in [1.165, 1.54) is 6.08 Å². The van der Waals surface area contributed by atoms with Crippen LogP contribution in [0.2, 0.25) is 0 Å². The number of rotatable bonds is 1. The Morgan fingerprint density at radius 2 is 2.00 bits per heavy atom. The van der Waals surface area contributed by atoms with Gasteiger partial charge in [-0.3, -0.25) is 4.79 Å². The molecule has 1 aliphatic carbocycles. The van der Waals surface area contributed by atoms with E-state index in [1.807, 2.05) is 12.1 Å². The molecule has 0 saturated heterocycles. The lowest BCUT2D eigenvalue weighted by atomic mass is 10.1. The first-order valence-electron chi connectivity index (χ1n) is 4.59. The molecular weight excluding hydrogens is 192 g/mol. The van der Waals surface area contributed by atoms with E-state index in [0.717, 1.165) is 5.22 Å². The van der Waals surface area contributed by atoms with E-state index in [2.05, 4.69) is 0 Å². The molecule has 1 aromatic carbocycles. The van der Waals surface area contributed by atoms with Gasteiger partial charge in [-0.05, 0) is 5.22 Å². The smallest absolute Gasteiger partial charge is 0.318 e. The van der Waals surface area contributed by atoms with E-state index in [4.69, 9.17) is 5.11 Å². The van der Waals surface area contributed by atoms with Gasteiger partial charge in [0.05, 0.1) is 0 Å². The Kier molecular flexibility index (Phi) is 2.29. The van der Waals surface area contributed by atoms with Crippen LogP contribution in [0.3, 0.4) is 0 Å². The monoisotopic (exact) mass is 202 g/mol. The summed E-state index contributed by atoms with van der Waals surface area (Å²) >= 11 is 0. The first-order chi connectivity index (χ1) is 7.20. The minimum Gasteiger partial charge on any atom is -0.510 e. The standard InChI is InChI=1S/C12H10O3/c13-11-9-6-2-1-4-8(9)5-3-7-10(11)12(14)15/h1-7,10,13H,(H,14,15). The number of hydrogen-bond acceptors (Lipinski definition) is 2. The van der Waals surface area contributed by atoms with Crippen molar-refractivity contribution in [3.05, 3.63) is 46.9 Å². The van der Waals surface area contributed by atoms with Crippen LogP contribution in [-0.4, -0.2) is 16.2 Å². The predicted octanol–water partition coefficient (Wildman–Crippen LogP) is 0.404. The molecule has 0 saturated carbocycles. The third-order valence-corrected chi connectivity index (χ3v) is 2.38. The fourth-order valence-corrected chi connectivity index (χ4v) is 1.60. The van der Waals surface area contributed by atoms with E-state index in [-0.39, 0.29) is 5.76 Å². The summed E-state index contributed by atoms with van der Waals surface area (Å²) in [5.41, 5.74) is 0. The fraction of sp³-hybridized carbons (Fsp3) is 0.0833. The Balaban J connectivity index is 2.76. The van der Waals surface area contributed by atoms with E-state index >= 15 is 0 Å². The lowest BCUT2D eigenvalue weighted by Gasteiger charge is -2.05. The molecule has 3 heteroatoms. The van der Waals surface area contributed by atoms with Crippen molar-refractivity contribution in [1.29, 1.82) is 0 Å². The van der Waals surface area contributed by atoms with Crippen molar-refractivity contribution in [2.24, 2.45) is 5.92 Å². The maximum absolute atomic E-state index is 10.9. The quantitative estimate of drug-likeness (QED) is 0.693. The topological polar surface area (TPSA) is 57.5 Å². The molecule has 1 atom stereocenters. The van der Waals surface area contributed by atoms with Crippen LogP contribution in [-0.2, 0) is 4.79 Å². The highest BCUT2D eigenvalue weighted by atomic mass is 16.4. The van der Waals surface area contributed by atoms with Crippen LogP contribution < -0.4 is 10.4 Å². The largest absolute Gasteiger partial charge is 0.510 e. The van der Waals surface area contributed by atoms with Crippen LogP contribution in [0.5, 0.6) is 0 Å². The number of aliphatic hydroxyl groups excluding tert-OH is 1. The molecule has 0 fully saturated rings. The number of hydrogen-bond donors (Lipinski definition) is 2. The molecule has 0 spiro atoms. The van der Waals surface area contributed by atoms with Gasteiger partial charge in [-0.25, -0.2) is 0 Å². The summed E-state index contributed by atoms with van der Waals surface area (Å²) in [6.45, 7) is 0. The molecule has 2 rings (SSSR count). The normalized spacial score (nSPS) is 18.9. The van der Waals surface area contributed by atoms with Crippen molar-refractivity contribution < 1.29 is 15.0 Å². The van der Waals surface area contributed by atoms with E-state index in [1.54, 1.807) is 24.3 Å². The SMILES string of the molecule is O=C(O)C1C=CC=c2ccccc2=C1O. The zero-order valence-electron chi connectivity index (χ0n) is 7.92. The summed E-state index contributed by atoms with van der Waals surface area (Å²) in [4.78, 5) is 10.9. The third-order valence-electron chi connectivity index (χ3n) is 2.38. The van der Waals surface area contributed by atoms with Gasteiger partial charge < -0.3 is 10.2 Å². The van der Waals surface area contributed by atoms with Gasteiger partial charge in [-0.2, -0.15) is 0 Å². The molecule has 1 aliphatic rings.